The third-order valence-corrected chi connectivity index (χ3v) is 1.90. The van der Waals surface area contributed by atoms with Gasteiger partial charge in [-0.2, -0.15) is 0 Å². The Balaban J connectivity index is 2.52. The maximum atomic E-state index is 12.1. The largest absolute Gasteiger partial charge is 0.302 e. The van der Waals surface area contributed by atoms with Gasteiger partial charge in [0.2, 0.25) is 5.78 Å². The van der Waals surface area contributed by atoms with Crippen LogP contribution in [0.5, 0.6) is 0 Å². The first-order valence-corrected chi connectivity index (χ1v) is 4.22. The lowest BCUT2D eigenvalue weighted by atomic mass is 10.2. The Morgan fingerprint density at radius 1 is 1.20 bits per heavy atom. The highest BCUT2D eigenvalue weighted by Crippen LogP contribution is 2.10. The van der Waals surface area contributed by atoms with Gasteiger partial charge in [0.25, 0.3) is 0 Å². The fraction of sp³-hybridized carbons (Fsp3) is 0.100. The molecule has 3 nitrogen and oxygen atoms in total. The van der Waals surface area contributed by atoms with E-state index in [1.54, 1.807) is 24.3 Å². The van der Waals surface area contributed by atoms with E-state index in [0.717, 1.165) is 6.20 Å². The van der Waals surface area contributed by atoms with Crippen LogP contribution in [-0.4, -0.2) is 22.2 Å². The van der Waals surface area contributed by atoms with Crippen LogP contribution in [0, 0.1) is 0 Å². The Bertz CT molecular complexity index is 514. The van der Waals surface area contributed by atoms with Crippen LogP contribution in [0.2, 0.25) is 0 Å². The van der Waals surface area contributed by atoms with Gasteiger partial charge >= 0.3 is 6.43 Å². The van der Waals surface area contributed by atoms with E-state index >= 15 is 0 Å². The molecule has 0 aliphatic rings. The van der Waals surface area contributed by atoms with Crippen LogP contribution in [0.15, 0.2) is 30.5 Å². The number of Topliss-reactive ketones (excluding diaryl/α,β-unsaturated/α-hetero) is 1. The summed E-state index contributed by atoms with van der Waals surface area (Å²) in [6.45, 7) is 0. The van der Waals surface area contributed by atoms with Gasteiger partial charge < -0.3 is 0 Å². The minimum atomic E-state index is -3.04. The zero-order valence-corrected chi connectivity index (χ0v) is 7.52. The molecule has 0 atom stereocenters. The van der Waals surface area contributed by atoms with Crippen LogP contribution >= 0.6 is 0 Å². The fourth-order valence-corrected chi connectivity index (χ4v) is 1.19. The molecule has 76 valence electrons. The molecule has 1 aromatic carbocycles. The van der Waals surface area contributed by atoms with E-state index in [1.165, 1.54) is 0 Å². The molecular formula is C10H6F2N2O. The lowest BCUT2D eigenvalue weighted by Crippen LogP contribution is -2.12. The number of rotatable bonds is 2. The normalized spacial score (nSPS) is 10.9. The number of carbonyl (C=O) groups excluding carboxylic acids is 1. The summed E-state index contributed by atoms with van der Waals surface area (Å²) in [6.07, 6.45) is -1.97. The van der Waals surface area contributed by atoms with Gasteiger partial charge in [-0.05, 0) is 12.1 Å². The van der Waals surface area contributed by atoms with Crippen molar-refractivity contribution < 1.29 is 13.6 Å². The monoisotopic (exact) mass is 208 g/mol. The first kappa shape index (κ1) is 9.64. The van der Waals surface area contributed by atoms with Gasteiger partial charge in [0.05, 0.1) is 17.2 Å². The maximum Gasteiger partial charge on any atom is 0.302 e. The van der Waals surface area contributed by atoms with Gasteiger partial charge in [0.1, 0.15) is 5.69 Å². The Kier molecular flexibility index (Phi) is 2.37. The Hall–Kier alpha value is -1.91. The number of fused-ring (bicyclic) bond motifs is 1. The van der Waals surface area contributed by atoms with E-state index in [9.17, 15) is 13.6 Å². The molecule has 0 saturated heterocycles. The van der Waals surface area contributed by atoms with Gasteiger partial charge in [-0.1, -0.05) is 12.1 Å². The molecule has 1 aromatic heterocycles. The second kappa shape index (κ2) is 3.68. The van der Waals surface area contributed by atoms with E-state index in [1.807, 2.05) is 0 Å². The number of ketones is 1. The second-order valence-electron chi connectivity index (χ2n) is 2.91. The van der Waals surface area contributed by atoms with Crippen molar-refractivity contribution >= 4 is 16.8 Å². The first-order valence-electron chi connectivity index (χ1n) is 4.22. The molecule has 0 radical (unpaired) electrons. The summed E-state index contributed by atoms with van der Waals surface area (Å²) in [7, 11) is 0. The Morgan fingerprint density at radius 2 is 1.87 bits per heavy atom. The van der Waals surface area contributed by atoms with Crippen LogP contribution in [0.3, 0.4) is 0 Å². The molecule has 0 spiro atoms. The van der Waals surface area contributed by atoms with Crippen LogP contribution in [0.4, 0.5) is 8.78 Å². The predicted molar refractivity (Wildman–Crippen MR) is 49.9 cm³/mol. The molecule has 0 aliphatic carbocycles. The Morgan fingerprint density at radius 3 is 2.53 bits per heavy atom. The third kappa shape index (κ3) is 1.81. The van der Waals surface area contributed by atoms with Gasteiger partial charge in [-0.3, -0.25) is 9.78 Å². The number of para-hydroxylation sites is 2. The summed E-state index contributed by atoms with van der Waals surface area (Å²) in [4.78, 5) is 18.6. The van der Waals surface area contributed by atoms with Gasteiger partial charge in [0.15, 0.2) is 0 Å². The molecule has 1 heterocycles. The molecule has 0 amide bonds. The van der Waals surface area contributed by atoms with Crippen molar-refractivity contribution in [2.24, 2.45) is 0 Å². The van der Waals surface area contributed by atoms with Crippen LogP contribution in [0.1, 0.15) is 10.5 Å². The summed E-state index contributed by atoms with van der Waals surface area (Å²) in [6, 6.07) is 6.77. The number of alkyl halides is 2. The zero-order valence-electron chi connectivity index (χ0n) is 7.52. The standard InChI is InChI=1S/C10H6F2N2O/c11-10(12)9(15)8-5-13-6-3-1-2-4-7(6)14-8/h1-5,10H. The molecule has 0 bridgehead atoms. The summed E-state index contributed by atoms with van der Waals surface area (Å²) in [5.41, 5.74) is 0.705. The van der Waals surface area contributed by atoms with E-state index in [4.69, 9.17) is 0 Å². The molecule has 0 unspecified atom stereocenters. The van der Waals surface area contributed by atoms with Gasteiger partial charge in [-0.15, -0.1) is 0 Å². The summed E-state index contributed by atoms with van der Waals surface area (Å²) in [5, 5.41) is 0. The third-order valence-electron chi connectivity index (χ3n) is 1.90. The van der Waals surface area contributed by atoms with Crippen molar-refractivity contribution in [1.82, 2.24) is 9.97 Å². The number of carbonyl (C=O) groups is 1. The number of benzene rings is 1. The molecule has 15 heavy (non-hydrogen) atoms. The molecule has 2 aromatic rings. The minimum absolute atomic E-state index is 0.302. The molecule has 5 heteroatoms. The van der Waals surface area contributed by atoms with Crippen LogP contribution < -0.4 is 0 Å². The lowest BCUT2D eigenvalue weighted by molar-refractivity contribution is 0.0673. The first-order chi connectivity index (χ1) is 7.18. The number of nitrogens with zero attached hydrogens (tertiary/aromatic N) is 2. The molecule has 0 fully saturated rings. The molecule has 0 saturated carbocycles. The predicted octanol–water partition coefficient (Wildman–Crippen LogP) is 2.08. The van der Waals surface area contributed by atoms with E-state index in [2.05, 4.69) is 9.97 Å². The molecule has 2 rings (SSSR count). The number of aromatic nitrogens is 2. The molecule has 0 aliphatic heterocycles. The van der Waals surface area contributed by atoms with E-state index in [-0.39, 0.29) is 5.69 Å². The Labute approximate surface area is 83.8 Å². The number of halogens is 2. The maximum absolute atomic E-state index is 12.1. The summed E-state index contributed by atoms with van der Waals surface area (Å²) < 4.78 is 24.2. The second-order valence-corrected chi connectivity index (χ2v) is 2.91. The van der Waals surface area contributed by atoms with Crippen molar-refractivity contribution in [3.8, 4) is 0 Å². The van der Waals surface area contributed by atoms with Crippen molar-refractivity contribution in [2.45, 2.75) is 6.43 Å². The van der Waals surface area contributed by atoms with Crippen LogP contribution in [0.25, 0.3) is 11.0 Å². The van der Waals surface area contributed by atoms with Crippen molar-refractivity contribution in [3.05, 3.63) is 36.2 Å². The molecule has 0 N–H and O–H groups in total. The van der Waals surface area contributed by atoms with Crippen molar-refractivity contribution in [1.29, 1.82) is 0 Å². The summed E-state index contributed by atoms with van der Waals surface area (Å²) in [5.74, 6) is -1.30. The minimum Gasteiger partial charge on any atom is -0.286 e. The highest BCUT2D eigenvalue weighted by atomic mass is 19.3. The number of hydrogen-bond donors (Lipinski definition) is 0. The zero-order chi connectivity index (χ0) is 10.8. The highest BCUT2D eigenvalue weighted by molar-refractivity contribution is 5.97. The van der Waals surface area contributed by atoms with Gasteiger partial charge in [0, 0.05) is 0 Å². The SMILES string of the molecule is O=C(c1cnc2ccccc2n1)C(F)F. The lowest BCUT2D eigenvalue weighted by Gasteiger charge is -2.00. The van der Waals surface area contributed by atoms with Crippen molar-refractivity contribution in [3.63, 3.8) is 0 Å². The van der Waals surface area contributed by atoms with E-state index < -0.39 is 12.2 Å². The summed E-state index contributed by atoms with van der Waals surface area (Å²) >= 11 is 0. The van der Waals surface area contributed by atoms with Gasteiger partial charge in [-0.25, -0.2) is 13.8 Å². The highest BCUT2D eigenvalue weighted by Gasteiger charge is 2.19. The average Bonchev–Trinajstić information content (AvgIpc) is 2.27. The quantitative estimate of drug-likeness (QED) is 0.709. The topological polar surface area (TPSA) is 42.9 Å². The average molecular weight is 208 g/mol. The molecular weight excluding hydrogens is 202 g/mol. The number of hydrogen-bond acceptors (Lipinski definition) is 3. The van der Waals surface area contributed by atoms with Crippen LogP contribution in [-0.2, 0) is 0 Å². The smallest absolute Gasteiger partial charge is 0.286 e. The van der Waals surface area contributed by atoms with E-state index in [0.29, 0.717) is 11.0 Å². The van der Waals surface area contributed by atoms with Crippen molar-refractivity contribution in [2.75, 3.05) is 0 Å². The fourth-order valence-electron chi connectivity index (χ4n) is 1.19.